The first-order valence-electron chi connectivity index (χ1n) is 6.37. The summed E-state index contributed by atoms with van der Waals surface area (Å²) in [4.78, 5) is 15.7. The van der Waals surface area contributed by atoms with Crippen LogP contribution in [0.1, 0.15) is 15.9 Å². The van der Waals surface area contributed by atoms with Gasteiger partial charge in [-0.25, -0.2) is 0 Å². The van der Waals surface area contributed by atoms with Gasteiger partial charge >= 0.3 is 0 Å². The number of carbonyl (C=O) groups excluding carboxylic acids is 1. The summed E-state index contributed by atoms with van der Waals surface area (Å²) in [7, 11) is 0. The molecule has 110 valence electrons. The van der Waals surface area contributed by atoms with Gasteiger partial charge in [0.25, 0.3) is 5.91 Å². The number of thioether (sulfide) groups is 1. The number of hydrogen-bond acceptors (Lipinski definition) is 3. The first-order chi connectivity index (χ1) is 10.2. The lowest BCUT2D eigenvalue weighted by atomic mass is 10.2. The van der Waals surface area contributed by atoms with Crippen molar-refractivity contribution in [2.45, 2.75) is 5.75 Å². The third kappa shape index (κ3) is 4.92. The average molecular weight is 341 g/mol. The molecule has 0 saturated carbocycles. The molecule has 21 heavy (non-hydrogen) atoms. The van der Waals surface area contributed by atoms with Gasteiger partial charge in [0.15, 0.2) is 0 Å². The van der Waals surface area contributed by atoms with Gasteiger partial charge in [-0.3, -0.25) is 9.78 Å². The van der Waals surface area contributed by atoms with Gasteiger partial charge < -0.3 is 5.32 Å². The molecule has 1 heterocycles. The van der Waals surface area contributed by atoms with E-state index >= 15 is 0 Å². The van der Waals surface area contributed by atoms with Crippen LogP contribution in [0.2, 0.25) is 10.0 Å². The van der Waals surface area contributed by atoms with E-state index in [2.05, 4.69) is 10.3 Å². The molecule has 0 atom stereocenters. The van der Waals surface area contributed by atoms with Crippen molar-refractivity contribution >= 4 is 40.9 Å². The maximum absolute atomic E-state index is 11.8. The maximum Gasteiger partial charge on any atom is 0.252 e. The Morgan fingerprint density at radius 3 is 2.62 bits per heavy atom. The molecule has 0 aliphatic rings. The van der Waals surface area contributed by atoms with Crippen molar-refractivity contribution in [2.75, 3.05) is 12.3 Å². The van der Waals surface area contributed by atoms with Gasteiger partial charge in [-0.05, 0) is 29.8 Å². The standard InChI is InChI=1S/C15H14Cl2N2OS/c16-13-4-1-5-14(17)12(13)10-21-8-7-19-15(20)11-3-2-6-18-9-11/h1-6,9H,7-8,10H2,(H,19,20). The zero-order valence-corrected chi connectivity index (χ0v) is 13.5. The second-order valence-corrected chi connectivity index (χ2v) is 6.17. The van der Waals surface area contributed by atoms with Crippen molar-refractivity contribution in [1.29, 1.82) is 0 Å². The summed E-state index contributed by atoms with van der Waals surface area (Å²) in [6.07, 6.45) is 3.19. The number of pyridine rings is 1. The Balaban J connectivity index is 1.72. The summed E-state index contributed by atoms with van der Waals surface area (Å²) in [6, 6.07) is 8.95. The fourth-order valence-electron chi connectivity index (χ4n) is 1.68. The molecule has 1 amide bonds. The highest BCUT2D eigenvalue weighted by Crippen LogP contribution is 2.27. The highest BCUT2D eigenvalue weighted by Gasteiger charge is 2.06. The molecule has 1 N–H and O–H groups in total. The third-order valence-electron chi connectivity index (χ3n) is 2.76. The number of carbonyl (C=O) groups is 1. The maximum atomic E-state index is 11.8. The van der Waals surface area contributed by atoms with Crippen LogP contribution in [0.15, 0.2) is 42.7 Å². The number of rotatable bonds is 6. The van der Waals surface area contributed by atoms with Crippen molar-refractivity contribution < 1.29 is 4.79 Å². The Kier molecular flexibility index (Phi) is 6.36. The highest BCUT2D eigenvalue weighted by molar-refractivity contribution is 7.98. The van der Waals surface area contributed by atoms with Crippen molar-refractivity contribution in [3.63, 3.8) is 0 Å². The molecule has 2 aromatic rings. The molecular weight excluding hydrogens is 327 g/mol. The summed E-state index contributed by atoms with van der Waals surface area (Å²) in [5.41, 5.74) is 1.50. The van der Waals surface area contributed by atoms with E-state index in [-0.39, 0.29) is 5.91 Å². The number of hydrogen-bond donors (Lipinski definition) is 1. The van der Waals surface area contributed by atoms with Crippen molar-refractivity contribution in [3.05, 3.63) is 63.9 Å². The summed E-state index contributed by atoms with van der Waals surface area (Å²) < 4.78 is 0. The molecule has 0 spiro atoms. The Morgan fingerprint density at radius 2 is 1.95 bits per heavy atom. The largest absolute Gasteiger partial charge is 0.351 e. The quantitative estimate of drug-likeness (QED) is 0.806. The SMILES string of the molecule is O=C(NCCSCc1c(Cl)cccc1Cl)c1cccnc1. The van der Waals surface area contributed by atoms with Gasteiger partial charge in [0.05, 0.1) is 5.56 Å². The third-order valence-corrected chi connectivity index (χ3v) is 4.46. The van der Waals surface area contributed by atoms with Gasteiger partial charge in [0.1, 0.15) is 0 Å². The Morgan fingerprint density at radius 1 is 1.19 bits per heavy atom. The molecular formula is C15H14Cl2N2OS. The van der Waals surface area contributed by atoms with Crippen LogP contribution in [-0.2, 0) is 5.75 Å². The van der Waals surface area contributed by atoms with E-state index in [9.17, 15) is 4.79 Å². The first-order valence-corrected chi connectivity index (χ1v) is 8.28. The lowest BCUT2D eigenvalue weighted by Crippen LogP contribution is -2.25. The van der Waals surface area contributed by atoms with Crippen LogP contribution in [0, 0.1) is 0 Å². The van der Waals surface area contributed by atoms with Crippen LogP contribution in [0.3, 0.4) is 0 Å². The topological polar surface area (TPSA) is 42.0 Å². The lowest BCUT2D eigenvalue weighted by molar-refractivity contribution is 0.0956. The van der Waals surface area contributed by atoms with E-state index in [0.29, 0.717) is 22.2 Å². The van der Waals surface area contributed by atoms with E-state index in [0.717, 1.165) is 17.1 Å². The van der Waals surface area contributed by atoms with E-state index < -0.39 is 0 Å². The van der Waals surface area contributed by atoms with E-state index in [1.54, 1.807) is 36.3 Å². The first kappa shape index (κ1) is 16.1. The van der Waals surface area contributed by atoms with Gasteiger partial charge in [-0.15, -0.1) is 0 Å². The molecule has 0 saturated heterocycles. The smallest absolute Gasteiger partial charge is 0.252 e. The Hall–Kier alpha value is -1.23. The van der Waals surface area contributed by atoms with Crippen LogP contribution >= 0.6 is 35.0 Å². The predicted molar refractivity (Wildman–Crippen MR) is 89.2 cm³/mol. The van der Waals surface area contributed by atoms with Crippen LogP contribution in [0.4, 0.5) is 0 Å². The lowest BCUT2D eigenvalue weighted by Gasteiger charge is -2.07. The van der Waals surface area contributed by atoms with Crippen LogP contribution in [0.5, 0.6) is 0 Å². The van der Waals surface area contributed by atoms with Crippen LogP contribution < -0.4 is 5.32 Å². The molecule has 3 nitrogen and oxygen atoms in total. The zero-order chi connectivity index (χ0) is 15.1. The monoisotopic (exact) mass is 340 g/mol. The average Bonchev–Trinajstić information content (AvgIpc) is 2.50. The number of benzene rings is 1. The van der Waals surface area contributed by atoms with Crippen molar-refractivity contribution in [2.24, 2.45) is 0 Å². The second kappa shape index (κ2) is 8.27. The molecule has 0 fully saturated rings. The van der Waals surface area contributed by atoms with Crippen LogP contribution in [0.25, 0.3) is 0 Å². The minimum atomic E-state index is -0.112. The predicted octanol–water partition coefficient (Wildman–Crippen LogP) is 4.05. The summed E-state index contributed by atoms with van der Waals surface area (Å²) in [5, 5.41) is 4.20. The Labute approximate surface area is 138 Å². The molecule has 0 aliphatic carbocycles. The van der Waals surface area contributed by atoms with Crippen molar-refractivity contribution in [3.8, 4) is 0 Å². The second-order valence-electron chi connectivity index (χ2n) is 4.25. The van der Waals surface area contributed by atoms with Gasteiger partial charge in [0.2, 0.25) is 0 Å². The normalized spacial score (nSPS) is 10.4. The number of amides is 1. The molecule has 1 aromatic carbocycles. The summed E-state index contributed by atoms with van der Waals surface area (Å²) in [5.74, 6) is 1.40. The van der Waals surface area contributed by atoms with Crippen LogP contribution in [-0.4, -0.2) is 23.2 Å². The minimum absolute atomic E-state index is 0.112. The molecule has 0 aliphatic heterocycles. The zero-order valence-electron chi connectivity index (χ0n) is 11.2. The van der Waals surface area contributed by atoms with E-state index in [1.165, 1.54) is 0 Å². The Bertz CT molecular complexity index is 588. The molecule has 0 radical (unpaired) electrons. The number of nitrogens with zero attached hydrogens (tertiary/aromatic N) is 1. The molecule has 1 aromatic heterocycles. The van der Waals surface area contributed by atoms with Gasteiger partial charge in [-0.1, -0.05) is 29.3 Å². The van der Waals surface area contributed by atoms with Crippen molar-refractivity contribution in [1.82, 2.24) is 10.3 Å². The fraction of sp³-hybridized carbons (Fsp3) is 0.200. The molecule has 6 heteroatoms. The summed E-state index contributed by atoms with van der Waals surface area (Å²) in [6.45, 7) is 0.584. The molecule has 0 bridgehead atoms. The molecule has 2 rings (SSSR count). The minimum Gasteiger partial charge on any atom is -0.351 e. The highest BCUT2D eigenvalue weighted by atomic mass is 35.5. The van der Waals surface area contributed by atoms with Gasteiger partial charge in [-0.2, -0.15) is 11.8 Å². The summed E-state index contributed by atoms with van der Waals surface area (Å²) >= 11 is 13.9. The van der Waals surface area contributed by atoms with E-state index in [1.807, 2.05) is 18.2 Å². The molecule has 0 unspecified atom stereocenters. The fourth-order valence-corrected chi connectivity index (χ4v) is 3.28. The number of aromatic nitrogens is 1. The van der Waals surface area contributed by atoms with E-state index in [4.69, 9.17) is 23.2 Å². The van der Waals surface area contributed by atoms with Gasteiger partial charge in [0, 0.05) is 40.5 Å². The number of nitrogens with one attached hydrogen (secondary N) is 1. The number of halogens is 2.